The molecule has 134 valence electrons. The normalized spacial score (nSPS) is 11.2. The van der Waals surface area contributed by atoms with Gasteiger partial charge in [-0.25, -0.2) is 27.2 Å². The minimum atomic E-state index is -3.67. The lowest BCUT2D eigenvalue weighted by atomic mass is 10.3. The topological polar surface area (TPSA) is 84.0 Å². The standard InChI is InChI=1S/C17H14F2N4O2S/c1-26(24,25)17-22-15(20-13-6-2-11(18)3-7-13)10-16(23-17)21-14-8-4-12(19)5-9-14/h2-10H,1H3,(H2,20,21,22,23). The average Bonchev–Trinajstić information content (AvgIpc) is 2.58. The van der Waals surface area contributed by atoms with Crippen LogP contribution in [0.2, 0.25) is 0 Å². The van der Waals surface area contributed by atoms with Crippen LogP contribution >= 0.6 is 0 Å². The molecule has 1 aromatic heterocycles. The summed E-state index contributed by atoms with van der Waals surface area (Å²) in [5.41, 5.74) is 1.05. The van der Waals surface area contributed by atoms with Crippen molar-refractivity contribution in [3.63, 3.8) is 0 Å². The van der Waals surface area contributed by atoms with Crippen molar-refractivity contribution in [2.75, 3.05) is 16.9 Å². The average molecular weight is 376 g/mol. The zero-order valence-electron chi connectivity index (χ0n) is 13.6. The summed E-state index contributed by atoms with van der Waals surface area (Å²) in [4.78, 5) is 7.95. The van der Waals surface area contributed by atoms with Crippen LogP contribution in [-0.4, -0.2) is 24.6 Å². The molecule has 0 atom stereocenters. The van der Waals surface area contributed by atoms with Gasteiger partial charge < -0.3 is 10.6 Å². The predicted molar refractivity (Wildman–Crippen MR) is 94.5 cm³/mol. The number of nitrogens with one attached hydrogen (secondary N) is 2. The summed E-state index contributed by atoms with van der Waals surface area (Å²) in [5, 5.41) is 5.41. The van der Waals surface area contributed by atoms with Crippen molar-refractivity contribution in [1.29, 1.82) is 0 Å². The molecule has 26 heavy (non-hydrogen) atoms. The number of benzene rings is 2. The molecule has 0 fully saturated rings. The van der Waals surface area contributed by atoms with Crippen LogP contribution in [-0.2, 0) is 9.84 Å². The zero-order valence-corrected chi connectivity index (χ0v) is 14.4. The molecule has 2 N–H and O–H groups in total. The van der Waals surface area contributed by atoms with Gasteiger partial charge in [0, 0.05) is 23.7 Å². The molecule has 0 aliphatic carbocycles. The minimum absolute atomic E-state index is 0.205. The van der Waals surface area contributed by atoms with Crippen LogP contribution in [0.3, 0.4) is 0 Å². The van der Waals surface area contributed by atoms with Crippen molar-refractivity contribution in [2.24, 2.45) is 0 Å². The van der Waals surface area contributed by atoms with Crippen LogP contribution in [0.25, 0.3) is 0 Å². The minimum Gasteiger partial charge on any atom is -0.340 e. The molecule has 0 unspecified atom stereocenters. The summed E-state index contributed by atoms with van der Waals surface area (Å²) < 4.78 is 49.7. The molecule has 0 amide bonds. The van der Waals surface area contributed by atoms with Gasteiger partial charge in [0.2, 0.25) is 9.84 Å². The van der Waals surface area contributed by atoms with Gasteiger partial charge in [0.05, 0.1) is 0 Å². The highest BCUT2D eigenvalue weighted by Crippen LogP contribution is 2.22. The first-order chi connectivity index (χ1) is 12.3. The maximum Gasteiger partial charge on any atom is 0.250 e. The third kappa shape index (κ3) is 4.51. The number of hydrogen-bond acceptors (Lipinski definition) is 6. The van der Waals surface area contributed by atoms with Gasteiger partial charge in [-0.15, -0.1) is 0 Å². The Morgan fingerprint density at radius 2 is 1.15 bits per heavy atom. The van der Waals surface area contributed by atoms with E-state index in [0.717, 1.165) is 6.26 Å². The van der Waals surface area contributed by atoms with Crippen LogP contribution in [0.1, 0.15) is 0 Å². The highest BCUT2D eigenvalue weighted by molar-refractivity contribution is 7.90. The summed E-state index contributed by atoms with van der Waals surface area (Å²) in [5.74, 6) is -0.379. The highest BCUT2D eigenvalue weighted by Gasteiger charge is 2.15. The van der Waals surface area contributed by atoms with E-state index in [4.69, 9.17) is 0 Å². The van der Waals surface area contributed by atoms with E-state index in [9.17, 15) is 17.2 Å². The molecule has 6 nitrogen and oxygen atoms in total. The Balaban J connectivity index is 1.95. The van der Waals surface area contributed by atoms with Gasteiger partial charge in [0.25, 0.3) is 5.16 Å². The largest absolute Gasteiger partial charge is 0.340 e. The third-order valence-corrected chi connectivity index (χ3v) is 4.12. The molecule has 0 saturated carbocycles. The zero-order chi connectivity index (χ0) is 18.7. The fourth-order valence-corrected chi connectivity index (χ4v) is 2.61. The van der Waals surface area contributed by atoms with E-state index in [-0.39, 0.29) is 16.8 Å². The third-order valence-electron chi connectivity index (χ3n) is 3.27. The predicted octanol–water partition coefficient (Wildman–Crippen LogP) is 3.65. The molecule has 0 radical (unpaired) electrons. The van der Waals surface area contributed by atoms with Gasteiger partial charge in [-0.05, 0) is 48.5 Å². The molecule has 3 aromatic rings. The quantitative estimate of drug-likeness (QED) is 0.662. The molecule has 3 rings (SSSR count). The Bertz CT molecular complexity index is 958. The Hall–Kier alpha value is -3.07. The molecule has 0 aliphatic rings. The fraction of sp³-hybridized carbons (Fsp3) is 0.0588. The monoisotopic (exact) mass is 376 g/mol. The van der Waals surface area contributed by atoms with Crippen LogP contribution in [0.4, 0.5) is 31.8 Å². The highest BCUT2D eigenvalue weighted by atomic mass is 32.2. The van der Waals surface area contributed by atoms with Gasteiger partial charge in [0.15, 0.2) is 0 Å². The van der Waals surface area contributed by atoms with E-state index >= 15 is 0 Å². The Kier molecular flexibility index (Phi) is 4.81. The Morgan fingerprint density at radius 1 is 0.769 bits per heavy atom. The van der Waals surface area contributed by atoms with E-state index in [1.54, 1.807) is 0 Å². The summed E-state index contributed by atoms with van der Waals surface area (Å²) in [6, 6.07) is 12.5. The smallest absolute Gasteiger partial charge is 0.250 e. The van der Waals surface area contributed by atoms with Crippen LogP contribution < -0.4 is 10.6 Å². The maximum atomic E-state index is 13.0. The molecule has 2 aromatic carbocycles. The van der Waals surface area contributed by atoms with Gasteiger partial charge in [0.1, 0.15) is 23.3 Å². The van der Waals surface area contributed by atoms with Crippen LogP contribution in [0.15, 0.2) is 59.8 Å². The summed E-state index contributed by atoms with van der Waals surface area (Å²) in [6.45, 7) is 0. The van der Waals surface area contributed by atoms with Crippen molar-refractivity contribution in [3.05, 3.63) is 66.2 Å². The number of halogens is 2. The summed E-state index contributed by atoms with van der Waals surface area (Å²) in [7, 11) is -3.67. The van der Waals surface area contributed by atoms with Crippen molar-refractivity contribution in [2.45, 2.75) is 5.16 Å². The van der Waals surface area contributed by atoms with E-state index in [1.165, 1.54) is 54.6 Å². The van der Waals surface area contributed by atoms with E-state index < -0.39 is 21.5 Å². The molecular formula is C17H14F2N4O2S. The number of sulfone groups is 1. The Morgan fingerprint density at radius 3 is 1.50 bits per heavy atom. The van der Waals surface area contributed by atoms with Gasteiger partial charge in [-0.1, -0.05) is 0 Å². The number of hydrogen-bond donors (Lipinski definition) is 2. The summed E-state index contributed by atoms with van der Waals surface area (Å²) in [6.07, 6.45) is 0.992. The van der Waals surface area contributed by atoms with E-state index in [2.05, 4.69) is 20.6 Å². The Labute approximate surface area is 148 Å². The van der Waals surface area contributed by atoms with Crippen molar-refractivity contribution >= 4 is 32.8 Å². The first-order valence-corrected chi connectivity index (χ1v) is 9.33. The number of rotatable bonds is 5. The molecule has 9 heteroatoms. The van der Waals surface area contributed by atoms with Crippen LogP contribution in [0.5, 0.6) is 0 Å². The van der Waals surface area contributed by atoms with E-state index in [1.807, 2.05) is 0 Å². The second-order valence-corrected chi connectivity index (χ2v) is 7.37. The van der Waals surface area contributed by atoms with Gasteiger partial charge in [-0.2, -0.15) is 0 Å². The maximum absolute atomic E-state index is 13.0. The number of nitrogens with zero attached hydrogens (tertiary/aromatic N) is 2. The van der Waals surface area contributed by atoms with Gasteiger partial charge in [-0.3, -0.25) is 0 Å². The second kappa shape index (κ2) is 7.04. The lowest BCUT2D eigenvalue weighted by Crippen LogP contribution is -2.08. The summed E-state index contributed by atoms with van der Waals surface area (Å²) >= 11 is 0. The van der Waals surface area contributed by atoms with Crippen LogP contribution in [0, 0.1) is 11.6 Å². The first kappa shape index (κ1) is 17.7. The molecule has 0 bridgehead atoms. The second-order valence-electron chi connectivity index (χ2n) is 5.46. The molecule has 1 heterocycles. The van der Waals surface area contributed by atoms with E-state index in [0.29, 0.717) is 11.4 Å². The number of anilines is 4. The molecular weight excluding hydrogens is 362 g/mol. The van der Waals surface area contributed by atoms with Crippen molar-refractivity contribution < 1.29 is 17.2 Å². The van der Waals surface area contributed by atoms with Crippen molar-refractivity contribution in [3.8, 4) is 0 Å². The van der Waals surface area contributed by atoms with Gasteiger partial charge >= 0.3 is 0 Å². The van der Waals surface area contributed by atoms with Crippen molar-refractivity contribution in [1.82, 2.24) is 9.97 Å². The molecule has 0 saturated heterocycles. The lowest BCUT2D eigenvalue weighted by Gasteiger charge is -2.11. The number of aromatic nitrogens is 2. The fourth-order valence-electron chi connectivity index (χ4n) is 2.08. The molecule has 0 aliphatic heterocycles. The first-order valence-electron chi connectivity index (χ1n) is 7.44. The SMILES string of the molecule is CS(=O)(=O)c1nc(Nc2ccc(F)cc2)cc(Nc2ccc(F)cc2)n1. The molecule has 0 spiro atoms. The lowest BCUT2D eigenvalue weighted by molar-refractivity contribution is 0.593.